The molecular formula is C15H17NO. The molecule has 0 aliphatic carbocycles. The van der Waals surface area contributed by atoms with Crippen LogP contribution in [0.3, 0.4) is 0 Å². The van der Waals surface area contributed by atoms with Gasteiger partial charge in [0, 0.05) is 17.8 Å². The summed E-state index contributed by atoms with van der Waals surface area (Å²) in [7, 11) is 0. The van der Waals surface area contributed by atoms with E-state index in [2.05, 4.69) is 5.32 Å². The molecule has 2 heteroatoms. The smallest absolute Gasteiger partial charge is 0.119 e. The van der Waals surface area contributed by atoms with Gasteiger partial charge in [0.05, 0.1) is 0 Å². The Balaban J connectivity index is 0.000000317. The molecule has 0 amide bonds. The topological polar surface area (TPSA) is 29.1 Å². The largest absolute Gasteiger partial charge is 0.356 e. The molecule has 2 aromatic rings. The van der Waals surface area contributed by atoms with Gasteiger partial charge in [-0.3, -0.25) is 0 Å². The summed E-state index contributed by atoms with van der Waals surface area (Å²) >= 11 is 0. The molecule has 1 N–H and O–H groups in total. The minimum Gasteiger partial charge on any atom is -0.356 e. The number of hydrogen-bond acceptors (Lipinski definition) is 2. The van der Waals surface area contributed by atoms with Gasteiger partial charge < -0.3 is 10.1 Å². The summed E-state index contributed by atoms with van der Waals surface area (Å²) in [6, 6.07) is 20.3. The highest BCUT2D eigenvalue weighted by atomic mass is 16.1. The second-order valence-corrected chi connectivity index (χ2v) is 3.43. The minimum absolute atomic E-state index is 0.639. The molecule has 0 unspecified atom stereocenters. The summed E-state index contributed by atoms with van der Waals surface area (Å²) in [5.74, 6) is 0. The Labute approximate surface area is 102 Å². The van der Waals surface area contributed by atoms with Crippen molar-refractivity contribution in [3.05, 3.63) is 60.7 Å². The first-order valence-electron chi connectivity index (χ1n) is 5.67. The Morgan fingerprint density at radius 1 is 0.882 bits per heavy atom. The molecule has 0 saturated heterocycles. The van der Waals surface area contributed by atoms with E-state index in [4.69, 9.17) is 0 Å². The third kappa shape index (κ3) is 5.52. The number of benzene rings is 2. The zero-order valence-electron chi connectivity index (χ0n) is 9.97. The van der Waals surface area contributed by atoms with Crippen LogP contribution in [-0.2, 0) is 4.79 Å². The van der Waals surface area contributed by atoms with Crippen molar-refractivity contribution in [2.45, 2.75) is 13.3 Å². The van der Waals surface area contributed by atoms with Crippen LogP contribution in [0.5, 0.6) is 0 Å². The van der Waals surface area contributed by atoms with Crippen LogP contribution in [-0.4, -0.2) is 6.29 Å². The van der Waals surface area contributed by atoms with Gasteiger partial charge in [0.15, 0.2) is 0 Å². The maximum absolute atomic E-state index is 9.17. The van der Waals surface area contributed by atoms with Crippen molar-refractivity contribution in [2.24, 2.45) is 0 Å². The minimum atomic E-state index is 0.639. The van der Waals surface area contributed by atoms with Gasteiger partial charge in [-0.2, -0.15) is 0 Å². The van der Waals surface area contributed by atoms with Crippen molar-refractivity contribution >= 4 is 17.7 Å². The first-order valence-corrected chi connectivity index (χ1v) is 5.67. The molecule has 88 valence electrons. The van der Waals surface area contributed by atoms with Crippen LogP contribution < -0.4 is 5.32 Å². The highest BCUT2D eigenvalue weighted by molar-refractivity contribution is 5.58. The summed E-state index contributed by atoms with van der Waals surface area (Å²) in [4.78, 5) is 9.17. The van der Waals surface area contributed by atoms with Crippen LogP contribution in [0.4, 0.5) is 11.4 Å². The number of aldehydes is 1. The van der Waals surface area contributed by atoms with Crippen LogP contribution in [0, 0.1) is 0 Å². The highest BCUT2D eigenvalue weighted by Crippen LogP contribution is 2.14. The number of nitrogens with one attached hydrogen (secondary N) is 1. The Bertz CT molecular complexity index is 374. The molecule has 0 aliphatic rings. The van der Waals surface area contributed by atoms with Crippen molar-refractivity contribution in [2.75, 3.05) is 5.32 Å². The quantitative estimate of drug-likeness (QED) is 0.802. The van der Waals surface area contributed by atoms with Crippen LogP contribution in [0.15, 0.2) is 60.7 Å². The summed E-state index contributed by atoms with van der Waals surface area (Å²) in [6.45, 7) is 1.81. The molecule has 17 heavy (non-hydrogen) atoms. The second-order valence-electron chi connectivity index (χ2n) is 3.43. The lowest BCUT2D eigenvalue weighted by Crippen LogP contribution is -1.87. The molecule has 2 nitrogen and oxygen atoms in total. The van der Waals surface area contributed by atoms with Gasteiger partial charge in [0.25, 0.3) is 0 Å². The van der Waals surface area contributed by atoms with E-state index in [1.807, 2.05) is 67.6 Å². The van der Waals surface area contributed by atoms with E-state index in [-0.39, 0.29) is 0 Å². The van der Waals surface area contributed by atoms with Gasteiger partial charge in [-0.1, -0.05) is 43.3 Å². The van der Waals surface area contributed by atoms with E-state index >= 15 is 0 Å². The zero-order chi connectivity index (χ0) is 12.3. The van der Waals surface area contributed by atoms with Gasteiger partial charge in [-0.15, -0.1) is 0 Å². The van der Waals surface area contributed by atoms with E-state index < -0.39 is 0 Å². The fourth-order valence-electron chi connectivity index (χ4n) is 1.21. The zero-order valence-corrected chi connectivity index (χ0v) is 9.97. The third-order valence-corrected chi connectivity index (χ3v) is 2.00. The average molecular weight is 227 g/mol. The predicted octanol–water partition coefficient (Wildman–Crippen LogP) is 4.03. The van der Waals surface area contributed by atoms with Crippen molar-refractivity contribution in [1.29, 1.82) is 0 Å². The van der Waals surface area contributed by atoms with E-state index in [0.29, 0.717) is 6.42 Å². The van der Waals surface area contributed by atoms with E-state index in [1.165, 1.54) is 0 Å². The molecule has 0 fully saturated rings. The third-order valence-electron chi connectivity index (χ3n) is 2.00. The molecule has 0 aromatic heterocycles. The first kappa shape index (κ1) is 13.0. The molecule has 0 spiro atoms. The fourth-order valence-corrected chi connectivity index (χ4v) is 1.21. The monoisotopic (exact) mass is 227 g/mol. The second kappa shape index (κ2) is 8.11. The Kier molecular flexibility index (Phi) is 6.19. The molecule has 0 saturated carbocycles. The van der Waals surface area contributed by atoms with Crippen LogP contribution in [0.25, 0.3) is 0 Å². The first-order chi connectivity index (χ1) is 8.36. The number of carbonyl (C=O) groups excluding carboxylic acids is 1. The molecule has 0 bridgehead atoms. The Hall–Kier alpha value is -2.09. The lowest BCUT2D eigenvalue weighted by atomic mass is 10.3. The number of hydrogen-bond donors (Lipinski definition) is 1. The molecule has 0 heterocycles. The molecule has 2 rings (SSSR count). The maximum atomic E-state index is 9.17. The highest BCUT2D eigenvalue weighted by Gasteiger charge is 1.89. The molecular weight excluding hydrogens is 210 g/mol. The average Bonchev–Trinajstić information content (AvgIpc) is 2.41. The SMILES string of the molecule is CCC=O.c1ccc(Nc2ccccc2)cc1. The van der Waals surface area contributed by atoms with Crippen molar-refractivity contribution in [3.8, 4) is 0 Å². The lowest BCUT2D eigenvalue weighted by Gasteiger charge is -2.04. The molecule has 0 atom stereocenters. The van der Waals surface area contributed by atoms with Gasteiger partial charge in [-0.25, -0.2) is 0 Å². The van der Waals surface area contributed by atoms with E-state index in [0.717, 1.165) is 17.7 Å². The van der Waals surface area contributed by atoms with Gasteiger partial charge >= 0.3 is 0 Å². The van der Waals surface area contributed by atoms with Gasteiger partial charge in [0.1, 0.15) is 6.29 Å². The van der Waals surface area contributed by atoms with Crippen LogP contribution in [0.1, 0.15) is 13.3 Å². The van der Waals surface area contributed by atoms with Crippen molar-refractivity contribution < 1.29 is 4.79 Å². The van der Waals surface area contributed by atoms with Crippen LogP contribution >= 0.6 is 0 Å². The maximum Gasteiger partial charge on any atom is 0.119 e. The van der Waals surface area contributed by atoms with Crippen molar-refractivity contribution in [1.82, 2.24) is 0 Å². The summed E-state index contributed by atoms with van der Waals surface area (Å²) in [5, 5.41) is 3.30. The van der Waals surface area contributed by atoms with E-state index in [9.17, 15) is 4.79 Å². The van der Waals surface area contributed by atoms with Gasteiger partial charge in [0.2, 0.25) is 0 Å². The summed E-state index contributed by atoms with van der Waals surface area (Å²) < 4.78 is 0. The number of anilines is 2. The molecule has 0 radical (unpaired) electrons. The van der Waals surface area contributed by atoms with Crippen LogP contribution in [0.2, 0.25) is 0 Å². The molecule has 2 aromatic carbocycles. The van der Waals surface area contributed by atoms with E-state index in [1.54, 1.807) is 0 Å². The number of para-hydroxylation sites is 2. The Morgan fingerprint density at radius 3 is 1.53 bits per heavy atom. The standard InChI is InChI=1S/C12H11N.C3H6O/c1-3-7-11(8-4-1)13-12-9-5-2-6-10-12;1-2-3-4/h1-10,13H;3H,2H2,1H3. The normalized spacial score (nSPS) is 8.76. The molecule has 0 aliphatic heterocycles. The summed E-state index contributed by atoms with van der Waals surface area (Å²) in [6.07, 6.45) is 1.51. The predicted molar refractivity (Wildman–Crippen MR) is 72.5 cm³/mol. The Morgan fingerprint density at radius 2 is 1.24 bits per heavy atom. The number of carbonyl (C=O) groups is 1. The summed E-state index contributed by atoms with van der Waals surface area (Å²) in [5.41, 5.74) is 2.24. The van der Waals surface area contributed by atoms with Gasteiger partial charge in [-0.05, 0) is 24.3 Å². The fraction of sp³-hybridized carbons (Fsp3) is 0.133. The van der Waals surface area contributed by atoms with Crippen molar-refractivity contribution in [3.63, 3.8) is 0 Å². The lowest BCUT2D eigenvalue weighted by molar-refractivity contribution is -0.107. The number of rotatable bonds is 3.